The van der Waals surface area contributed by atoms with Gasteiger partial charge in [0.25, 0.3) is 0 Å². The molecule has 6 nitrogen and oxygen atoms in total. The first-order valence-corrected chi connectivity index (χ1v) is 7.51. The molecule has 0 bridgehead atoms. The maximum Gasteiger partial charge on any atom is 0.219 e. The molecule has 2 fully saturated rings. The number of aromatic nitrogens is 3. The van der Waals surface area contributed by atoms with Gasteiger partial charge in [0.1, 0.15) is 17.8 Å². The number of amides is 1. The van der Waals surface area contributed by atoms with Crippen LogP contribution >= 0.6 is 0 Å². The van der Waals surface area contributed by atoms with Gasteiger partial charge < -0.3 is 14.8 Å². The Hall–Kier alpha value is -2.11. The zero-order valence-corrected chi connectivity index (χ0v) is 12.2. The third-order valence-electron chi connectivity index (χ3n) is 4.94. The summed E-state index contributed by atoms with van der Waals surface area (Å²) in [5, 5.41) is 1.06. The predicted octanol–water partition coefficient (Wildman–Crippen LogP) is 1.55. The van der Waals surface area contributed by atoms with Crippen LogP contribution in [0.25, 0.3) is 11.0 Å². The predicted molar refractivity (Wildman–Crippen MR) is 80.1 cm³/mol. The molecule has 0 aliphatic carbocycles. The van der Waals surface area contributed by atoms with Crippen LogP contribution in [0.1, 0.15) is 26.2 Å². The van der Waals surface area contributed by atoms with Crippen LogP contribution in [0.15, 0.2) is 18.6 Å². The van der Waals surface area contributed by atoms with Gasteiger partial charge in [-0.25, -0.2) is 9.97 Å². The Morgan fingerprint density at radius 2 is 2.24 bits per heavy atom. The Balaban J connectivity index is 1.67. The summed E-state index contributed by atoms with van der Waals surface area (Å²) in [5.74, 6) is 1.18. The van der Waals surface area contributed by atoms with Crippen molar-refractivity contribution in [2.24, 2.45) is 0 Å². The van der Waals surface area contributed by atoms with Crippen molar-refractivity contribution in [3.8, 4) is 0 Å². The molecule has 2 saturated heterocycles. The highest BCUT2D eigenvalue weighted by atomic mass is 16.2. The molecule has 0 radical (unpaired) electrons. The van der Waals surface area contributed by atoms with Crippen molar-refractivity contribution < 1.29 is 4.79 Å². The van der Waals surface area contributed by atoms with E-state index in [0.717, 1.165) is 55.7 Å². The van der Waals surface area contributed by atoms with Gasteiger partial charge in [-0.1, -0.05) is 0 Å². The van der Waals surface area contributed by atoms with Crippen molar-refractivity contribution in [3.63, 3.8) is 0 Å². The quantitative estimate of drug-likeness (QED) is 0.863. The monoisotopic (exact) mass is 285 g/mol. The molecule has 0 saturated carbocycles. The van der Waals surface area contributed by atoms with Gasteiger partial charge in [0.15, 0.2) is 0 Å². The second-order valence-electron chi connectivity index (χ2n) is 6.11. The van der Waals surface area contributed by atoms with Gasteiger partial charge in [0.2, 0.25) is 5.91 Å². The highest BCUT2D eigenvalue weighted by Gasteiger charge is 2.47. The molecule has 1 spiro atoms. The molecule has 1 N–H and O–H groups in total. The fourth-order valence-corrected chi connectivity index (χ4v) is 4.00. The Labute approximate surface area is 123 Å². The number of nitrogens with zero attached hydrogens (tertiary/aromatic N) is 4. The van der Waals surface area contributed by atoms with Crippen LogP contribution in [-0.4, -0.2) is 50.9 Å². The van der Waals surface area contributed by atoms with Gasteiger partial charge in [0, 0.05) is 32.8 Å². The lowest BCUT2D eigenvalue weighted by atomic mass is 9.95. The van der Waals surface area contributed by atoms with Gasteiger partial charge in [-0.15, -0.1) is 0 Å². The van der Waals surface area contributed by atoms with Crippen LogP contribution in [0.3, 0.4) is 0 Å². The lowest BCUT2D eigenvalue weighted by Crippen LogP contribution is -2.48. The number of nitrogens with one attached hydrogen (secondary N) is 1. The zero-order valence-electron chi connectivity index (χ0n) is 12.2. The number of hydrogen-bond donors (Lipinski definition) is 1. The molecular weight excluding hydrogens is 266 g/mol. The first-order valence-electron chi connectivity index (χ1n) is 7.51. The number of H-pyrrole nitrogens is 1. The normalized spacial score (nSPS) is 25.4. The van der Waals surface area contributed by atoms with Crippen LogP contribution in [0.5, 0.6) is 0 Å². The number of carbonyl (C=O) groups excluding carboxylic acids is 1. The largest absolute Gasteiger partial charge is 0.354 e. The summed E-state index contributed by atoms with van der Waals surface area (Å²) in [7, 11) is 0. The molecule has 2 aromatic heterocycles. The Kier molecular flexibility index (Phi) is 2.67. The molecule has 0 aromatic carbocycles. The number of rotatable bonds is 1. The topological polar surface area (TPSA) is 65.1 Å². The molecule has 4 heterocycles. The molecule has 2 aliphatic rings. The second-order valence-corrected chi connectivity index (χ2v) is 6.11. The number of carbonyl (C=O) groups is 1. The highest BCUT2D eigenvalue weighted by Crippen LogP contribution is 2.39. The minimum atomic E-state index is 0.0133. The van der Waals surface area contributed by atoms with Crippen molar-refractivity contribution >= 4 is 22.8 Å². The Morgan fingerprint density at radius 1 is 1.33 bits per heavy atom. The van der Waals surface area contributed by atoms with E-state index < -0.39 is 0 Å². The minimum Gasteiger partial charge on any atom is -0.354 e. The third kappa shape index (κ3) is 1.81. The van der Waals surface area contributed by atoms with Gasteiger partial charge in [0.05, 0.1) is 10.9 Å². The van der Waals surface area contributed by atoms with E-state index in [9.17, 15) is 4.79 Å². The summed E-state index contributed by atoms with van der Waals surface area (Å²) in [4.78, 5) is 28.1. The van der Waals surface area contributed by atoms with Crippen molar-refractivity contribution in [2.75, 3.05) is 24.5 Å². The lowest BCUT2D eigenvalue weighted by molar-refractivity contribution is -0.132. The molecule has 1 atom stereocenters. The summed E-state index contributed by atoms with van der Waals surface area (Å²) in [6.45, 7) is 4.40. The van der Waals surface area contributed by atoms with E-state index in [1.807, 2.05) is 12.3 Å². The summed E-state index contributed by atoms with van der Waals surface area (Å²) >= 11 is 0. The Bertz CT molecular complexity index is 696. The molecule has 6 heteroatoms. The maximum absolute atomic E-state index is 11.9. The van der Waals surface area contributed by atoms with Crippen molar-refractivity contribution in [1.82, 2.24) is 19.9 Å². The molecule has 1 unspecified atom stereocenters. The first-order chi connectivity index (χ1) is 10.2. The molecule has 2 aromatic rings. The molecule has 2 aliphatic heterocycles. The Morgan fingerprint density at radius 3 is 3.10 bits per heavy atom. The average Bonchev–Trinajstić information content (AvgIpc) is 3.19. The molecule has 1 amide bonds. The smallest absolute Gasteiger partial charge is 0.219 e. The number of hydrogen-bond acceptors (Lipinski definition) is 4. The number of aromatic amines is 1. The van der Waals surface area contributed by atoms with Gasteiger partial charge in [-0.05, 0) is 25.3 Å². The second kappa shape index (κ2) is 4.44. The van der Waals surface area contributed by atoms with Crippen LogP contribution in [-0.2, 0) is 4.79 Å². The van der Waals surface area contributed by atoms with Crippen molar-refractivity contribution in [2.45, 2.75) is 31.7 Å². The standard InChI is InChI=1S/C15H19N5O/c1-11(21)20-7-2-4-15(20)5-8-19(9-15)14-12-3-6-16-13(12)17-10-18-14/h3,6,10H,2,4-5,7-9H2,1H3,(H,16,17,18). The van der Waals surface area contributed by atoms with Gasteiger partial charge in [-0.3, -0.25) is 4.79 Å². The molecule has 21 heavy (non-hydrogen) atoms. The van der Waals surface area contributed by atoms with E-state index in [-0.39, 0.29) is 11.4 Å². The van der Waals surface area contributed by atoms with Crippen LogP contribution in [0.4, 0.5) is 5.82 Å². The van der Waals surface area contributed by atoms with Crippen molar-refractivity contribution in [3.05, 3.63) is 18.6 Å². The van der Waals surface area contributed by atoms with Gasteiger partial charge in [-0.2, -0.15) is 0 Å². The first kappa shape index (κ1) is 12.6. The molecular formula is C15H19N5O. The fraction of sp³-hybridized carbons (Fsp3) is 0.533. The maximum atomic E-state index is 11.9. The SMILES string of the molecule is CC(=O)N1CCCC12CCN(c1ncnc3[nH]ccc13)C2. The van der Waals surface area contributed by atoms with E-state index in [0.29, 0.717) is 0 Å². The number of fused-ring (bicyclic) bond motifs is 1. The third-order valence-corrected chi connectivity index (χ3v) is 4.94. The minimum absolute atomic E-state index is 0.0133. The van der Waals surface area contributed by atoms with E-state index >= 15 is 0 Å². The van der Waals surface area contributed by atoms with E-state index in [1.165, 1.54) is 0 Å². The molecule has 110 valence electrons. The van der Waals surface area contributed by atoms with Crippen molar-refractivity contribution in [1.29, 1.82) is 0 Å². The zero-order chi connectivity index (χ0) is 14.4. The number of likely N-dealkylation sites (tertiary alicyclic amines) is 1. The molecule has 4 rings (SSSR count). The average molecular weight is 285 g/mol. The van der Waals surface area contributed by atoms with Crippen LogP contribution in [0.2, 0.25) is 0 Å². The number of anilines is 1. The van der Waals surface area contributed by atoms with E-state index in [4.69, 9.17) is 0 Å². The van der Waals surface area contributed by atoms with E-state index in [2.05, 4.69) is 24.8 Å². The fourth-order valence-electron chi connectivity index (χ4n) is 4.00. The van der Waals surface area contributed by atoms with Crippen LogP contribution < -0.4 is 4.90 Å². The highest BCUT2D eigenvalue weighted by molar-refractivity contribution is 5.87. The summed E-state index contributed by atoms with van der Waals surface area (Å²) in [6.07, 6.45) is 6.74. The lowest BCUT2D eigenvalue weighted by Gasteiger charge is -2.34. The van der Waals surface area contributed by atoms with Crippen LogP contribution in [0, 0.1) is 0 Å². The summed E-state index contributed by atoms with van der Waals surface area (Å²) < 4.78 is 0. The van der Waals surface area contributed by atoms with Gasteiger partial charge >= 0.3 is 0 Å². The van der Waals surface area contributed by atoms with E-state index in [1.54, 1.807) is 13.3 Å². The summed E-state index contributed by atoms with van der Waals surface area (Å²) in [6, 6.07) is 2.02. The summed E-state index contributed by atoms with van der Waals surface area (Å²) in [5.41, 5.74) is 0.884.